The first-order chi connectivity index (χ1) is 12.5. The highest BCUT2D eigenvalue weighted by molar-refractivity contribution is 6.40. The van der Waals surface area contributed by atoms with Gasteiger partial charge >= 0.3 is 11.8 Å². The highest BCUT2D eigenvalue weighted by Crippen LogP contribution is 2.22. The number of hydrogen-bond acceptors (Lipinski definition) is 5. The average molecular weight is 377 g/mol. The molecule has 1 aromatic carbocycles. The zero-order chi connectivity index (χ0) is 18.7. The van der Waals surface area contributed by atoms with Crippen LogP contribution in [0.1, 0.15) is 10.6 Å². The van der Waals surface area contributed by atoms with Gasteiger partial charge in [0.1, 0.15) is 0 Å². The van der Waals surface area contributed by atoms with E-state index >= 15 is 0 Å². The van der Waals surface area contributed by atoms with Crippen molar-refractivity contribution in [2.75, 3.05) is 37.2 Å². The Hall–Kier alpha value is -3.00. The van der Waals surface area contributed by atoms with Gasteiger partial charge in [-0.05, 0) is 30.3 Å². The number of anilines is 2. The topological polar surface area (TPSA) is 109 Å². The number of nitrogens with zero attached hydrogens (tertiary/aromatic N) is 2. The second-order valence-electron chi connectivity index (χ2n) is 5.75. The summed E-state index contributed by atoms with van der Waals surface area (Å²) in [4.78, 5) is 39.6. The molecule has 1 aliphatic heterocycles. The lowest BCUT2D eigenvalue weighted by molar-refractivity contribution is -0.144. The first-order valence-electron chi connectivity index (χ1n) is 7.94. The number of nitrogens with one attached hydrogen (secondary N) is 1. The van der Waals surface area contributed by atoms with Crippen LogP contribution in [0.15, 0.2) is 41.0 Å². The van der Waals surface area contributed by atoms with E-state index in [0.717, 1.165) is 0 Å². The van der Waals surface area contributed by atoms with Gasteiger partial charge in [0.15, 0.2) is 5.76 Å². The minimum atomic E-state index is -0.767. The summed E-state index contributed by atoms with van der Waals surface area (Å²) >= 11 is 5.90. The molecule has 1 aliphatic rings. The van der Waals surface area contributed by atoms with Crippen LogP contribution in [-0.2, 0) is 9.59 Å². The van der Waals surface area contributed by atoms with Crippen LogP contribution in [0, 0.1) is 0 Å². The van der Waals surface area contributed by atoms with E-state index in [-0.39, 0.29) is 24.8 Å². The largest absolute Gasteiger partial charge is 0.459 e. The second-order valence-corrected chi connectivity index (χ2v) is 6.16. The predicted octanol–water partition coefficient (Wildman–Crippen LogP) is 1.44. The maximum absolute atomic E-state index is 12.3. The molecular weight excluding hydrogens is 360 g/mol. The van der Waals surface area contributed by atoms with E-state index in [0.29, 0.717) is 29.5 Å². The minimum Gasteiger partial charge on any atom is -0.459 e. The molecule has 0 unspecified atom stereocenters. The normalized spacial score (nSPS) is 14.2. The summed E-state index contributed by atoms with van der Waals surface area (Å²) in [5.41, 5.74) is 6.38. The monoisotopic (exact) mass is 376 g/mol. The van der Waals surface area contributed by atoms with Crippen LogP contribution in [0.5, 0.6) is 0 Å². The number of carbonyl (C=O) groups is 3. The number of halogens is 1. The zero-order valence-electron chi connectivity index (χ0n) is 13.8. The summed E-state index contributed by atoms with van der Waals surface area (Å²) in [6.45, 7) is 1.18. The molecule has 1 saturated heterocycles. The molecule has 2 heterocycles. The Morgan fingerprint density at radius 3 is 2.38 bits per heavy atom. The summed E-state index contributed by atoms with van der Waals surface area (Å²) in [7, 11) is 0. The van der Waals surface area contributed by atoms with Crippen LogP contribution in [0.3, 0.4) is 0 Å². The smallest absolute Gasteiger partial charge is 0.313 e. The molecular formula is C17H17ClN4O4. The molecule has 3 rings (SSSR count). The van der Waals surface area contributed by atoms with Crippen LogP contribution in [0.4, 0.5) is 11.4 Å². The molecule has 136 valence electrons. The molecule has 26 heavy (non-hydrogen) atoms. The molecule has 0 atom stereocenters. The number of furan rings is 1. The summed E-state index contributed by atoms with van der Waals surface area (Å²) in [5.74, 6) is -1.41. The van der Waals surface area contributed by atoms with Gasteiger partial charge in [-0.15, -0.1) is 0 Å². The van der Waals surface area contributed by atoms with Crippen molar-refractivity contribution < 1.29 is 18.8 Å². The van der Waals surface area contributed by atoms with Gasteiger partial charge in [0, 0.05) is 31.9 Å². The Balaban J connectivity index is 1.55. The summed E-state index contributed by atoms with van der Waals surface area (Å²) in [6, 6.07) is 7.81. The fourth-order valence-corrected chi connectivity index (χ4v) is 2.78. The molecule has 0 radical (unpaired) electrons. The van der Waals surface area contributed by atoms with Crippen molar-refractivity contribution in [2.45, 2.75) is 0 Å². The van der Waals surface area contributed by atoms with Gasteiger partial charge in [-0.3, -0.25) is 14.4 Å². The number of hydrogen-bond donors (Lipinski definition) is 2. The first kappa shape index (κ1) is 17.8. The first-order valence-corrected chi connectivity index (χ1v) is 8.31. The molecule has 3 amide bonds. The number of benzene rings is 1. The van der Waals surface area contributed by atoms with Crippen molar-refractivity contribution in [3.63, 3.8) is 0 Å². The van der Waals surface area contributed by atoms with Crippen LogP contribution in [0.25, 0.3) is 0 Å². The fraction of sp³-hybridized carbons (Fsp3) is 0.235. The van der Waals surface area contributed by atoms with Crippen molar-refractivity contribution in [1.29, 1.82) is 0 Å². The van der Waals surface area contributed by atoms with Crippen molar-refractivity contribution in [3.8, 4) is 0 Å². The van der Waals surface area contributed by atoms with Gasteiger partial charge in [-0.2, -0.15) is 0 Å². The molecule has 2 aromatic rings. The molecule has 0 spiro atoms. The number of nitrogen functional groups attached to an aromatic ring is 1. The number of nitrogens with two attached hydrogens (primary N) is 1. The van der Waals surface area contributed by atoms with E-state index in [1.165, 1.54) is 17.2 Å². The van der Waals surface area contributed by atoms with Gasteiger partial charge in [0.2, 0.25) is 0 Å². The third-order valence-electron chi connectivity index (χ3n) is 4.04. The standard InChI is InChI=1S/C17H17ClN4O4/c18-12-10-11(3-4-13(12)19)20-15(23)17(25)22-7-5-21(6-8-22)16(24)14-2-1-9-26-14/h1-4,9-10H,5-8,19H2,(H,20,23). The average Bonchev–Trinajstić information content (AvgIpc) is 3.18. The third kappa shape index (κ3) is 3.80. The molecule has 0 aliphatic carbocycles. The number of piperazine rings is 1. The number of amides is 3. The highest BCUT2D eigenvalue weighted by Gasteiger charge is 2.29. The Morgan fingerprint density at radius 2 is 1.77 bits per heavy atom. The van der Waals surface area contributed by atoms with Gasteiger partial charge < -0.3 is 25.3 Å². The lowest BCUT2D eigenvalue weighted by Crippen LogP contribution is -2.52. The maximum Gasteiger partial charge on any atom is 0.313 e. The van der Waals surface area contributed by atoms with E-state index in [1.54, 1.807) is 29.2 Å². The van der Waals surface area contributed by atoms with Gasteiger partial charge in [-0.1, -0.05) is 11.6 Å². The second kappa shape index (κ2) is 7.49. The SMILES string of the molecule is Nc1ccc(NC(=O)C(=O)N2CCN(C(=O)c3ccco3)CC2)cc1Cl. The van der Waals surface area contributed by atoms with E-state index in [1.807, 2.05) is 0 Å². The molecule has 1 fully saturated rings. The number of rotatable bonds is 2. The van der Waals surface area contributed by atoms with Crippen LogP contribution >= 0.6 is 11.6 Å². The van der Waals surface area contributed by atoms with Crippen molar-refractivity contribution >= 4 is 40.7 Å². The van der Waals surface area contributed by atoms with Gasteiger partial charge in [-0.25, -0.2) is 0 Å². The quantitative estimate of drug-likeness (QED) is 0.609. The van der Waals surface area contributed by atoms with Crippen LogP contribution < -0.4 is 11.1 Å². The van der Waals surface area contributed by atoms with Crippen molar-refractivity contribution in [1.82, 2.24) is 9.80 Å². The van der Waals surface area contributed by atoms with Crippen LogP contribution in [0.2, 0.25) is 5.02 Å². The molecule has 9 heteroatoms. The van der Waals surface area contributed by atoms with Crippen molar-refractivity contribution in [2.24, 2.45) is 0 Å². The zero-order valence-corrected chi connectivity index (χ0v) is 14.5. The number of carbonyl (C=O) groups excluding carboxylic acids is 3. The Bertz CT molecular complexity index is 829. The summed E-state index contributed by atoms with van der Waals surface area (Å²) in [6.07, 6.45) is 1.43. The molecule has 0 saturated carbocycles. The summed E-state index contributed by atoms with van der Waals surface area (Å²) < 4.78 is 5.09. The lowest BCUT2D eigenvalue weighted by atomic mass is 10.2. The van der Waals surface area contributed by atoms with E-state index in [2.05, 4.69) is 5.32 Å². The lowest BCUT2D eigenvalue weighted by Gasteiger charge is -2.33. The minimum absolute atomic E-state index is 0.233. The third-order valence-corrected chi connectivity index (χ3v) is 4.37. The predicted molar refractivity (Wildman–Crippen MR) is 95.7 cm³/mol. The van der Waals surface area contributed by atoms with Gasteiger partial charge in [0.05, 0.1) is 17.0 Å². The van der Waals surface area contributed by atoms with E-state index < -0.39 is 11.8 Å². The molecule has 3 N–H and O–H groups in total. The van der Waals surface area contributed by atoms with Crippen LogP contribution in [-0.4, -0.2) is 53.7 Å². The molecule has 1 aromatic heterocycles. The Morgan fingerprint density at radius 1 is 1.08 bits per heavy atom. The Kier molecular flexibility index (Phi) is 5.13. The Labute approximate surface area is 154 Å². The fourth-order valence-electron chi connectivity index (χ4n) is 2.60. The van der Waals surface area contributed by atoms with E-state index in [9.17, 15) is 14.4 Å². The molecule has 8 nitrogen and oxygen atoms in total. The summed E-state index contributed by atoms with van der Waals surface area (Å²) in [5, 5.41) is 2.79. The molecule has 0 bridgehead atoms. The maximum atomic E-state index is 12.3. The van der Waals surface area contributed by atoms with E-state index in [4.69, 9.17) is 21.8 Å². The van der Waals surface area contributed by atoms with Crippen molar-refractivity contribution in [3.05, 3.63) is 47.4 Å². The highest BCUT2D eigenvalue weighted by atomic mass is 35.5. The van der Waals surface area contributed by atoms with Gasteiger partial charge in [0.25, 0.3) is 5.91 Å².